The van der Waals surface area contributed by atoms with Crippen LogP contribution in [-0.4, -0.2) is 26.6 Å². The van der Waals surface area contributed by atoms with Gasteiger partial charge in [0, 0.05) is 5.41 Å². The van der Waals surface area contributed by atoms with Gasteiger partial charge in [0.15, 0.2) is 0 Å². The summed E-state index contributed by atoms with van der Waals surface area (Å²) in [5, 5.41) is 33.0. The Balaban J connectivity index is 0.000000765. The highest BCUT2D eigenvalue weighted by Crippen LogP contribution is 2.38. The molecule has 5 heteroatoms. The van der Waals surface area contributed by atoms with Gasteiger partial charge in [0.1, 0.15) is 11.5 Å². The van der Waals surface area contributed by atoms with Gasteiger partial charge in [-0.1, -0.05) is 63.8 Å². The number of phenolic OH excluding ortho intramolecular Hbond substituents is 2. The van der Waals surface area contributed by atoms with Crippen LogP contribution in [0.3, 0.4) is 0 Å². The molecule has 0 aliphatic heterocycles. The fourth-order valence-corrected chi connectivity index (χ4v) is 3.02. The molecule has 0 aliphatic rings. The van der Waals surface area contributed by atoms with Crippen LogP contribution < -0.4 is 0 Å². The third kappa shape index (κ3) is 6.67. The number of phenols is 2. The lowest BCUT2D eigenvalue weighted by Gasteiger charge is -2.31. The molecule has 0 saturated heterocycles. The Morgan fingerprint density at radius 2 is 1.19 bits per heavy atom. The van der Waals surface area contributed by atoms with Crippen molar-refractivity contribution in [1.29, 1.82) is 0 Å². The molecule has 0 aromatic heterocycles. The smallest absolute Gasteiger partial charge is 0.503 e. The summed E-state index contributed by atoms with van der Waals surface area (Å²) < 4.78 is 0. The highest BCUT2D eigenvalue weighted by atomic mass is 16.6. The van der Waals surface area contributed by atoms with Crippen LogP contribution >= 0.6 is 0 Å². The first-order chi connectivity index (χ1) is 12.3. The minimum Gasteiger partial charge on any atom is -0.508 e. The van der Waals surface area contributed by atoms with Gasteiger partial charge in [-0.2, -0.15) is 0 Å². The van der Waals surface area contributed by atoms with E-state index < -0.39 is 6.16 Å². The van der Waals surface area contributed by atoms with E-state index >= 15 is 0 Å². The minimum atomic E-state index is -1.83. The van der Waals surface area contributed by atoms with E-state index in [1.165, 1.54) is 36.8 Å². The zero-order valence-electron chi connectivity index (χ0n) is 15.4. The van der Waals surface area contributed by atoms with Crippen LogP contribution in [0.4, 0.5) is 4.79 Å². The number of benzene rings is 2. The summed E-state index contributed by atoms with van der Waals surface area (Å²) >= 11 is 0. The largest absolute Gasteiger partial charge is 0.508 e. The van der Waals surface area contributed by atoms with Crippen LogP contribution in [0.5, 0.6) is 11.5 Å². The Bertz CT molecular complexity index is 612. The minimum absolute atomic E-state index is 0.102. The second-order valence-corrected chi connectivity index (χ2v) is 6.52. The summed E-state index contributed by atoms with van der Waals surface area (Å²) in [5.74, 6) is 0.588. The highest BCUT2D eigenvalue weighted by Gasteiger charge is 2.28. The topological polar surface area (TPSA) is 98.0 Å². The van der Waals surface area contributed by atoms with E-state index in [0.717, 1.165) is 6.42 Å². The fraction of sp³-hybridized carbons (Fsp3) is 0.381. The number of carbonyl (C=O) groups is 1. The van der Waals surface area contributed by atoms with Crippen LogP contribution in [-0.2, 0) is 5.41 Å². The van der Waals surface area contributed by atoms with Crippen molar-refractivity contribution in [1.82, 2.24) is 0 Å². The molecular formula is C21H28O5. The predicted molar refractivity (Wildman–Crippen MR) is 102 cm³/mol. The molecule has 142 valence electrons. The normalized spacial score (nSPS) is 10.7. The first-order valence-corrected chi connectivity index (χ1v) is 8.80. The van der Waals surface area contributed by atoms with E-state index in [0.29, 0.717) is 11.5 Å². The van der Waals surface area contributed by atoms with Gasteiger partial charge in [0.25, 0.3) is 0 Å². The molecule has 0 bridgehead atoms. The molecule has 0 unspecified atom stereocenters. The third-order valence-corrected chi connectivity index (χ3v) is 4.54. The van der Waals surface area contributed by atoms with Crippen molar-refractivity contribution < 1.29 is 25.2 Å². The fourth-order valence-electron chi connectivity index (χ4n) is 3.02. The lowest BCUT2D eigenvalue weighted by molar-refractivity contribution is 0.137. The summed E-state index contributed by atoms with van der Waals surface area (Å²) in [4.78, 5) is 8.56. The Hall–Kier alpha value is -2.69. The van der Waals surface area contributed by atoms with E-state index in [9.17, 15) is 10.2 Å². The van der Waals surface area contributed by atoms with Crippen molar-refractivity contribution in [3.05, 3.63) is 59.7 Å². The number of aromatic hydroxyl groups is 2. The van der Waals surface area contributed by atoms with Crippen molar-refractivity contribution in [3.8, 4) is 11.5 Å². The molecule has 0 heterocycles. The molecule has 0 atom stereocenters. The van der Waals surface area contributed by atoms with Gasteiger partial charge in [0.05, 0.1) is 0 Å². The second-order valence-electron chi connectivity index (χ2n) is 6.52. The van der Waals surface area contributed by atoms with Crippen LogP contribution in [0.2, 0.25) is 0 Å². The predicted octanol–water partition coefficient (Wildman–Crippen LogP) is 5.60. The quantitative estimate of drug-likeness (QED) is 0.482. The van der Waals surface area contributed by atoms with Gasteiger partial charge in [-0.25, -0.2) is 4.79 Å². The molecule has 5 nitrogen and oxygen atoms in total. The van der Waals surface area contributed by atoms with Gasteiger partial charge >= 0.3 is 6.16 Å². The summed E-state index contributed by atoms with van der Waals surface area (Å²) in [7, 11) is 0. The summed E-state index contributed by atoms with van der Waals surface area (Å²) in [5.41, 5.74) is 2.30. The molecule has 2 rings (SSSR count). The molecule has 2 aromatic carbocycles. The lowest BCUT2D eigenvalue weighted by Crippen LogP contribution is -2.23. The summed E-state index contributed by atoms with van der Waals surface area (Å²) in [6.45, 7) is 4.47. The molecule has 2 aromatic rings. The molecule has 0 spiro atoms. The van der Waals surface area contributed by atoms with Crippen LogP contribution in [0, 0.1) is 0 Å². The molecule has 0 saturated carbocycles. The van der Waals surface area contributed by atoms with Crippen LogP contribution in [0.15, 0.2) is 48.5 Å². The third-order valence-electron chi connectivity index (χ3n) is 4.54. The van der Waals surface area contributed by atoms with Gasteiger partial charge in [-0.05, 0) is 41.8 Å². The molecule has 0 fully saturated rings. The van der Waals surface area contributed by atoms with Crippen molar-refractivity contribution in [2.24, 2.45) is 0 Å². The van der Waals surface area contributed by atoms with Crippen molar-refractivity contribution in [2.45, 2.75) is 51.4 Å². The standard InChI is InChI=1S/C20H26O2.CH2O3/c1-3-4-5-6-15-20(2,16-7-11-18(21)12-8-16)17-9-13-19(22)14-10-17;2-1(3)4/h7-14,21-22H,3-6,15H2,1-2H3;(H2,2,3,4). The molecule has 0 aliphatic carbocycles. The summed E-state index contributed by atoms with van der Waals surface area (Å²) in [6.07, 6.45) is 4.13. The number of rotatable bonds is 7. The lowest BCUT2D eigenvalue weighted by atomic mass is 9.72. The van der Waals surface area contributed by atoms with Crippen LogP contribution in [0.25, 0.3) is 0 Å². The molecular weight excluding hydrogens is 332 g/mol. The van der Waals surface area contributed by atoms with Gasteiger partial charge < -0.3 is 20.4 Å². The highest BCUT2D eigenvalue weighted by molar-refractivity contribution is 5.53. The molecule has 0 amide bonds. The Kier molecular flexibility index (Phi) is 8.49. The number of unbranched alkanes of at least 4 members (excludes halogenated alkanes) is 3. The maximum atomic E-state index is 9.54. The van der Waals surface area contributed by atoms with Gasteiger partial charge in [-0.3, -0.25) is 0 Å². The number of hydrogen-bond donors (Lipinski definition) is 4. The summed E-state index contributed by atoms with van der Waals surface area (Å²) in [6, 6.07) is 15.0. The Labute approximate surface area is 154 Å². The molecule has 4 N–H and O–H groups in total. The molecule has 0 radical (unpaired) electrons. The van der Waals surface area contributed by atoms with Crippen molar-refractivity contribution in [3.63, 3.8) is 0 Å². The maximum absolute atomic E-state index is 9.54. The Morgan fingerprint density at radius 3 is 1.54 bits per heavy atom. The van der Waals surface area contributed by atoms with Crippen LogP contribution in [0.1, 0.15) is 57.1 Å². The van der Waals surface area contributed by atoms with Gasteiger partial charge in [-0.15, -0.1) is 0 Å². The molecule has 26 heavy (non-hydrogen) atoms. The zero-order chi connectivity index (χ0) is 19.6. The average molecular weight is 360 g/mol. The second kappa shape index (κ2) is 10.3. The average Bonchev–Trinajstić information content (AvgIpc) is 2.59. The van der Waals surface area contributed by atoms with E-state index in [4.69, 9.17) is 15.0 Å². The zero-order valence-corrected chi connectivity index (χ0v) is 15.4. The van der Waals surface area contributed by atoms with Gasteiger partial charge in [0.2, 0.25) is 0 Å². The first kappa shape index (κ1) is 21.4. The van der Waals surface area contributed by atoms with E-state index in [2.05, 4.69) is 13.8 Å². The van der Waals surface area contributed by atoms with E-state index in [1.807, 2.05) is 24.3 Å². The monoisotopic (exact) mass is 360 g/mol. The van der Waals surface area contributed by atoms with E-state index in [-0.39, 0.29) is 5.41 Å². The SMILES string of the molecule is CCCCCCC(C)(c1ccc(O)cc1)c1ccc(O)cc1.O=C(O)O. The number of carboxylic acid groups (broad SMARTS) is 2. The number of hydrogen-bond acceptors (Lipinski definition) is 3. The first-order valence-electron chi connectivity index (χ1n) is 8.80. The van der Waals surface area contributed by atoms with Crippen molar-refractivity contribution >= 4 is 6.16 Å². The van der Waals surface area contributed by atoms with E-state index in [1.54, 1.807) is 24.3 Å². The Morgan fingerprint density at radius 1 is 0.808 bits per heavy atom. The maximum Gasteiger partial charge on any atom is 0.503 e. The van der Waals surface area contributed by atoms with Crippen molar-refractivity contribution in [2.75, 3.05) is 0 Å².